The number of hydrogen-bond acceptors (Lipinski definition) is 4. The minimum atomic E-state index is -3.16. The SMILES string of the molecule is Cc1ccc(C)c(OCc2ccc(C(=O)Nc3ccc(F)cc3OC(F)F)o2)c1. The number of alkyl halides is 2. The van der Waals surface area contributed by atoms with Crippen molar-refractivity contribution in [2.75, 3.05) is 5.32 Å². The number of amides is 1. The summed E-state index contributed by atoms with van der Waals surface area (Å²) in [6.07, 6.45) is 0. The largest absolute Gasteiger partial charge is 0.485 e. The summed E-state index contributed by atoms with van der Waals surface area (Å²) in [7, 11) is 0. The van der Waals surface area contributed by atoms with Crippen molar-refractivity contribution in [2.24, 2.45) is 0 Å². The molecule has 152 valence electrons. The van der Waals surface area contributed by atoms with Crippen molar-refractivity contribution in [1.29, 1.82) is 0 Å². The number of nitrogens with one attached hydrogen (secondary N) is 1. The molecule has 0 unspecified atom stereocenters. The maximum absolute atomic E-state index is 13.3. The van der Waals surface area contributed by atoms with Gasteiger partial charge in [-0.1, -0.05) is 12.1 Å². The maximum Gasteiger partial charge on any atom is 0.387 e. The van der Waals surface area contributed by atoms with Gasteiger partial charge in [-0.2, -0.15) is 8.78 Å². The second-order valence-electron chi connectivity index (χ2n) is 6.30. The Morgan fingerprint density at radius 2 is 1.86 bits per heavy atom. The van der Waals surface area contributed by atoms with E-state index in [0.717, 1.165) is 29.3 Å². The monoisotopic (exact) mass is 405 g/mol. The van der Waals surface area contributed by atoms with Gasteiger partial charge in [-0.3, -0.25) is 4.79 Å². The Balaban J connectivity index is 1.67. The number of carbonyl (C=O) groups is 1. The highest BCUT2D eigenvalue weighted by atomic mass is 19.3. The molecule has 0 aliphatic carbocycles. The lowest BCUT2D eigenvalue weighted by Gasteiger charge is -2.11. The van der Waals surface area contributed by atoms with Gasteiger partial charge in [0.05, 0.1) is 5.69 Å². The Labute approximate surface area is 165 Å². The van der Waals surface area contributed by atoms with Gasteiger partial charge in [0.1, 0.15) is 23.9 Å². The summed E-state index contributed by atoms with van der Waals surface area (Å²) in [4.78, 5) is 12.3. The number of halogens is 3. The van der Waals surface area contributed by atoms with Crippen LogP contribution in [0.3, 0.4) is 0 Å². The second kappa shape index (κ2) is 8.72. The van der Waals surface area contributed by atoms with Gasteiger partial charge in [0.15, 0.2) is 11.5 Å². The van der Waals surface area contributed by atoms with E-state index in [2.05, 4.69) is 10.1 Å². The average molecular weight is 405 g/mol. The molecular formula is C21H18F3NO4. The van der Waals surface area contributed by atoms with Gasteiger partial charge in [-0.05, 0) is 55.3 Å². The Bertz CT molecular complexity index is 1020. The summed E-state index contributed by atoms with van der Waals surface area (Å²) >= 11 is 0. The summed E-state index contributed by atoms with van der Waals surface area (Å²) in [5.41, 5.74) is 1.90. The number of benzene rings is 2. The fourth-order valence-corrected chi connectivity index (χ4v) is 2.57. The molecule has 3 aromatic rings. The van der Waals surface area contributed by atoms with Crippen molar-refractivity contribution in [3.63, 3.8) is 0 Å². The molecule has 0 aliphatic heterocycles. The van der Waals surface area contributed by atoms with Crippen molar-refractivity contribution in [3.05, 3.63) is 77.0 Å². The Hall–Kier alpha value is -3.42. The zero-order valence-electron chi connectivity index (χ0n) is 15.7. The molecule has 0 fully saturated rings. The summed E-state index contributed by atoms with van der Waals surface area (Å²) in [5, 5.41) is 2.36. The van der Waals surface area contributed by atoms with Crippen LogP contribution in [0.2, 0.25) is 0 Å². The molecule has 0 aliphatic rings. The number of hydrogen-bond donors (Lipinski definition) is 1. The molecule has 0 saturated carbocycles. The van der Waals surface area contributed by atoms with Gasteiger partial charge in [-0.15, -0.1) is 0 Å². The smallest absolute Gasteiger partial charge is 0.387 e. The molecule has 0 atom stereocenters. The predicted octanol–water partition coefficient (Wildman–Crippen LogP) is 5.47. The third kappa shape index (κ3) is 5.31. The molecule has 1 aromatic heterocycles. The van der Waals surface area contributed by atoms with Crippen LogP contribution in [0.15, 0.2) is 52.9 Å². The zero-order chi connectivity index (χ0) is 21.0. The standard InChI is InChI=1S/C21H18F3NO4/c1-12-3-4-13(2)18(9-12)27-11-15-6-8-17(28-15)20(26)25-16-7-5-14(22)10-19(16)29-21(23)24/h3-10,21H,11H2,1-2H3,(H,25,26). The highest BCUT2D eigenvalue weighted by Gasteiger charge is 2.17. The summed E-state index contributed by atoms with van der Waals surface area (Å²) in [6.45, 7) is 0.805. The quantitative estimate of drug-likeness (QED) is 0.566. The van der Waals surface area contributed by atoms with Crippen molar-refractivity contribution in [1.82, 2.24) is 0 Å². The fraction of sp³-hybridized carbons (Fsp3) is 0.190. The van der Waals surface area contributed by atoms with Crippen LogP contribution in [0, 0.1) is 19.7 Å². The van der Waals surface area contributed by atoms with Gasteiger partial charge in [0.2, 0.25) is 0 Å². The normalized spacial score (nSPS) is 10.8. The third-order valence-electron chi connectivity index (χ3n) is 4.01. The highest BCUT2D eigenvalue weighted by molar-refractivity contribution is 6.03. The first kappa shape index (κ1) is 20.3. The first-order valence-electron chi connectivity index (χ1n) is 8.66. The van der Waals surface area contributed by atoms with Crippen molar-refractivity contribution in [3.8, 4) is 11.5 Å². The van der Waals surface area contributed by atoms with Crippen LogP contribution >= 0.6 is 0 Å². The van der Waals surface area contributed by atoms with Gasteiger partial charge < -0.3 is 19.2 Å². The summed E-state index contributed by atoms with van der Waals surface area (Å²) < 4.78 is 53.7. The van der Waals surface area contributed by atoms with E-state index < -0.39 is 24.1 Å². The van der Waals surface area contributed by atoms with E-state index in [1.807, 2.05) is 32.0 Å². The van der Waals surface area contributed by atoms with E-state index in [0.29, 0.717) is 11.5 Å². The van der Waals surface area contributed by atoms with Crippen LogP contribution in [0.4, 0.5) is 18.9 Å². The Kier molecular flexibility index (Phi) is 6.11. The van der Waals surface area contributed by atoms with Crippen LogP contribution in [0.25, 0.3) is 0 Å². The number of ether oxygens (including phenoxy) is 2. The molecule has 29 heavy (non-hydrogen) atoms. The van der Waals surface area contributed by atoms with E-state index in [4.69, 9.17) is 9.15 Å². The van der Waals surface area contributed by atoms with E-state index in [9.17, 15) is 18.0 Å². The van der Waals surface area contributed by atoms with Gasteiger partial charge in [0.25, 0.3) is 5.91 Å². The molecule has 0 radical (unpaired) electrons. The van der Waals surface area contributed by atoms with Crippen molar-refractivity contribution < 1.29 is 31.9 Å². The number of aryl methyl sites for hydroxylation is 2. The molecule has 0 bridgehead atoms. The zero-order valence-corrected chi connectivity index (χ0v) is 15.7. The lowest BCUT2D eigenvalue weighted by molar-refractivity contribution is -0.0495. The van der Waals surface area contributed by atoms with Crippen LogP contribution in [-0.4, -0.2) is 12.5 Å². The molecule has 2 aromatic carbocycles. The molecular weight excluding hydrogens is 387 g/mol. The number of rotatable bonds is 7. The van der Waals surface area contributed by atoms with E-state index in [1.165, 1.54) is 6.07 Å². The third-order valence-corrected chi connectivity index (χ3v) is 4.01. The summed E-state index contributed by atoms with van der Waals surface area (Å²) in [5.74, 6) is -0.918. The maximum atomic E-state index is 13.3. The van der Waals surface area contributed by atoms with Gasteiger partial charge in [0, 0.05) is 6.07 Å². The molecule has 1 amide bonds. The van der Waals surface area contributed by atoms with Gasteiger partial charge >= 0.3 is 6.61 Å². The van der Waals surface area contributed by atoms with Crippen LogP contribution in [0.5, 0.6) is 11.5 Å². The highest BCUT2D eigenvalue weighted by Crippen LogP contribution is 2.28. The Morgan fingerprint density at radius 3 is 2.62 bits per heavy atom. The van der Waals surface area contributed by atoms with Crippen molar-refractivity contribution in [2.45, 2.75) is 27.1 Å². The summed E-state index contributed by atoms with van der Waals surface area (Å²) in [6, 6.07) is 11.7. The lowest BCUT2D eigenvalue weighted by atomic mass is 10.1. The average Bonchev–Trinajstić information content (AvgIpc) is 3.13. The van der Waals surface area contributed by atoms with Crippen LogP contribution < -0.4 is 14.8 Å². The fourth-order valence-electron chi connectivity index (χ4n) is 2.57. The number of anilines is 1. The van der Waals surface area contributed by atoms with Crippen LogP contribution in [0.1, 0.15) is 27.4 Å². The first-order chi connectivity index (χ1) is 13.8. The van der Waals surface area contributed by atoms with Crippen molar-refractivity contribution >= 4 is 11.6 Å². The molecule has 1 heterocycles. The predicted molar refractivity (Wildman–Crippen MR) is 99.9 cm³/mol. The van der Waals surface area contributed by atoms with E-state index >= 15 is 0 Å². The van der Waals surface area contributed by atoms with E-state index in [-0.39, 0.29) is 18.1 Å². The second-order valence-corrected chi connectivity index (χ2v) is 6.30. The minimum absolute atomic E-state index is 0.0584. The molecule has 3 rings (SSSR count). The molecule has 0 saturated heterocycles. The number of carbonyl (C=O) groups excluding carboxylic acids is 1. The van der Waals surface area contributed by atoms with Crippen LogP contribution in [-0.2, 0) is 6.61 Å². The van der Waals surface area contributed by atoms with E-state index in [1.54, 1.807) is 6.07 Å². The lowest BCUT2D eigenvalue weighted by Crippen LogP contribution is -2.13. The first-order valence-corrected chi connectivity index (χ1v) is 8.66. The van der Waals surface area contributed by atoms with Gasteiger partial charge in [-0.25, -0.2) is 4.39 Å². The topological polar surface area (TPSA) is 60.7 Å². The Morgan fingerprint density at radius 1 is 1.07 bits per heavy atom. The number of furan rings is 1. The molecule has 1 N–H and O–H groups in total. The molecule has 5 nitrogen and oxygen atoms in total. The molecule has 0 spiro atoms. The minimum Gasteiger partial charge on any atom is -0.485 e. The molecule has 8 heteroatoms.